The van der Waals surface area contributed by atoms with Crippen molar-refractivity contribution in [3.05, 3.63) is 11.4 Å². The van der Waals surface area contributed by atoms with Gasteiger partial charge in [-0.1, -0.05) is 20.3 Å². The molecule has 2 rings (SSSR count). The Labute approximate surface area is 116 Å². The molecule has 0 spiro atoms. The fourth-order valence-corrected chi connectivity index (χ4v) is 1.98. The monoisotopic (exact) mass is 262 g/mol. The fourth-order valence-electron chi connectivity index (χ4n) is 1.98. The van der Waals surface area contributed by atoms with Crippen molar-refractivity contribution >= 4 is 11.6 Å². The molecular weight excluding hydrogens is 236 g/mol. The molecule has 1 aliphatic rings. The van der Waals surface area contributed by atoms with E-state index in [1.54, 1.807) is 0 Å². The summed E-state index contributed by atoms with van der Waals surface area (Å²) in [5.41, 5.74) is 1.13. The molecule has 0 saturated heterocycles. The summed E-state index contributed by atoms with van der Waals surface area (Å²) in [6.45, 7) is 10.5. The maximum atomic E-state index is 4.72. The van der Waals surface area contributed by atoms with Crippen LogP contribution in [0.5, 0.6) is 0 Å². The number of anilines is 2. The lowest BCUT2D eigenvalue weighted by atomic mass is 10.1. The van der Waals surface area contributed by atoms with Gasteiger partial charge >= 0.3 is 0 Å². The summed E-state index contributed by atoms with van der Waals surface area (Å²) in [5.74, 6) is 4.26. The van der Waals surface area contributed by atoms with Crippen LogP contribution in [0.3, 0.4) is 0 Å². The first-order chi connectivity index (χ1) is 9.15. The second-order valence-corrected chi connectivity index (χ2v) is 5.60. The van der Waals surface area contributed by atoms with E-state index >= 15 is 0 Å². The zero-order valence-corrected chi connectivity index (χ0v) is 12.6. The molecule has 4 nitrogen and oxygen atoms in total. The first-order valence-corrected chi connectivity index (χ1v) is 7.51. The van der Waals surface area contributed by atoms with Crippen molar-refractivity contribution in [2.45, 2.75) is 52.9 Å². The van der Waals surface area contributed by atoms with Crippen LogP contribution >= 0.6 is 0 Å². The number of nitrogens with one attached hydrogen (secondary N) is 2. The van der Waals surface area contributed by atoms with Gasteiger partial charge in [0.25, 0.3) is 0 Å². The average molecular weight is 262 g/mol. The van der Waals surface area contributed by atoms with Crippen molar-refractivity contribution in [1.29, 1.82) is 0 Å². The highest BCUT2D eigenvalue weighted by Crippen LogP contribution is 2.39. The minimum absolute atomic E-state index is 0.585. The number of aromatic nitrogens is 2. The summed E-state index contributed by atoms with van der Waals surface area (Å²) in [7, 11) is 0. The molecule has 19 heavy (non-hydrogen) atoms. The molecule has 0 radical (unpaired) electrons. The Kier molecular flexibility index (Phi) is 4.61. The SMILES string of the molecule is CCNc1nc(C2CC2)nc(NCC(C)CC)c1C. The van der Waals surface area contributed by atoms with Gasteiger partial charge in [0.2, 0.25) is 0 Å². The number of hydrogen-bond donors (Lipinski definition) is 2. The molecule has 1 heterocycles. The highest BCUT2D eigenvalue weighted by Gasteiger charge is 2.28. The van der Waals surface area contributed by atoms with Crippen LogP contribution in [-0.4, -0.2) is 23.1 Å². The quantitative estimate of drug-likeness (QED) is 0.789. The van der Waals surface area contributed by atoms with E-state index in [1.165, 1.54) is 19.3 Å². The lowest BCUT2D eigenvalue weighted by molar-refractivity contribution is 0.592. The van der Waals surface area contributed by atoms with E-state index in [-0.39, 0.29) is 0 Å². The molecule has 1 aromatic heterocycles. The predicted octanol–water partition coefficient (Wildman–Crippen LogP) is 3.55. The molecule has 4 heteroatoms. The Morgan fingerprint density at radius 2 is 1.79 bits per heavy atom. The van der Waals surface area contributed by atoms with Crippen molar-refractivity contribution in [2.75, 3.05) is 23.7 Å². The van der Waals surface area contributed by atoms with Gasteiger partial charge in [-0.15, -0.1) is 0 Å². The maximum Gasteiger partial charge on any atom is 0.136 e. The third-order valence-electron chi connectivity index (χ3n) is 3.76. The van der Waals surface area contributed by atoms with Crippen LogP contribution in [0.1, 0.15) is 57.3 Å². The number of nitrogens with zero attached hydrogens (tertiary/aromatic N) is 2. The molecule has 0 aliphatic heterocycles. The normalized spacial score (nSPS) is 16.2. The second-order valence-electron chi connectivity index (χ2n) is 5.60. The molecule has 1 aromatic rings. The van der Waals surface area contributed by atoms with Gasteiger partial charge in [-0.25, -0.2) is 9.97 Å². The summed E-state index contributed by atoms with van der Waals surface area (Å²) in [6.07, 6.45) is 3.66. The van der Waals surface area contributed by atoms with Crippen molar-refractivity contribution in [2.24, 2.45) is 5.92 Å². The molecule has 2 N–H and O–H groups in total. The molecule has 0 bridgehead atoms. The van der Waals surface area contributed by atoms with Crippen LogP contribution < -0.4 is 10.6 Å². The van der Waals surface area contributed by atoms with Gasteiger partial charge in [0.1, 0.15) is 17.5 Å². The van der Waals surface area contributed by atoms with Gasteiger partial charge in [0, 0.05) is 24.6 Å². The largest absolute Gasteiger partial charge is 0.370 e. The van der Waals surface area contributed by atoms with Crippen molar-refractivity contribution in [3.8, 4) is 0 Å². The molecule has 1 aliphatic carbocycles. The molecule has 0 aromatic carbocycles. The Hall–Kier alpha value is -1.32. The Balaban J connectivity index is 2.19. The third-order valence-corrected chi connectivity index (χ3v) is 3.76. The van der Waals surface area contributed by atoms with E-state index in [0.717, 1.165) is 36.1 Å². The van der Waals surface area contributed by atoms with Gasteiger partial charge in [0.15, 0.2) is 0 Å². The van der Waals surface area contributed by atoms with Crippen LogP contribution in [0.2, 0.25) is 0 Å². The minimum atomic E-state index is 0.585. The number of rotatable bonds is 7. The van der Waals surface area contributed by atoms with Crippen LogP contribution in [0.4, 0.5) is 11.6 Å². The summed E-state index contributed by atoms with van der Waals surface area (Å²) >= 11 is 0. The van der Waals surface area contributed by atoms with Crippen LogP contribution in [0, 0.1) is 12.8 Å². The summed E-state index contributed by atoms with van der Waals surface area (Å²) in [4.78, 5) is 9.39. The zero-order chi connectivity index (χ0) is 13.8. The maximum absolute atomic E-state index is 4.72. The molecular formula is C15H26N4. The lowest BCUT2D eigenvalue weighted by Crippen LogP contribution is -2.15. The van der Waals surface area contributed by atoms with Gasteiger partial charge in [0.05, 0.1) is 0 Å². The summed E-state index contributed by atoms with van der Waals surface area (Å²) in [6, 6.07) is 0. The first kappa shape index (κ1) is 14.1. The van der Waals surface area contributed by atoms with Crippen molar-refractivity contribution in [1.82, 2.24) is 9.97 Å². The van der Waals surface area contributed by atoms with Gasteiger partial charge < -0.3 is 10.6 Å². The van der Waals surface area contributed by atoms with Gasteiger partial charge in [-0.05, 0) is 32.6 Å². The second kappa shape index (κ2) is 6.22. The highest BCUT2D eigenvalue weighted by molar-refractivity contribution is 5.57. The third kappa shape index (κ3) is 3.58. The topological polar surface area (TPSA) is 49.8 Å². The van der Waals surface area contributed by atoms with Crippen LogP contribution in [-0.2, 0) is 0 Å². The summed E-state index contributed by atoms with van der Waals surface area (Å²) in [5, 5.41) is 6.84. The zero-order valence-electron chi connectivity index (χ0n) is 12.6. The van der Waals surface area contributed by atoms with Gasteiger partial charge in [-0.2, -0.15) is 0 Å². The van der Waals surface area contributed by atoms with Crippen molar-refractivity contribution in [3.63, 3.8) is 0 Å². The molecule has 1 saturated carbocycles. The van der Waals surface area contributed by atoms with E-state index in [4.69, 9.17) is 4.98 Å². The average Bonchev–Trinajstić information content (AvgIpc) is 3.23. The first-order valence-electron chi connectivity index (χ1n) is 7.51. The Bertz CT molecular complexity index is 426. The molecule has 1 atom stereocenters. The van der Waals surface area contributed by atoms with Crippen LogP contribution in [0.15, 0.2) is 0 Å². The van der Waals surface area contributed by atoms with Gasteiger partial charge in [-0.3, -0.25) is 0 Å². The van der Waals surface area contributed by atoms with E-state index in [1.807, 2.05) is 0 Å². The minimum Gasteiger partial charge on any atom is -0.370 e. The summed E-state index contributed by atoms with van der Waals surface area (Å²) < 4.78 is 0. The van der Waals surface area contributed by atoms with Crippen LogP contribution in [0.25, 0.3) is 0 Å². The van der Waals surface area contributed by atoms with E-state index in [9.17, 15) is 0 Å². The number of hydrogen-bond acceptors (Lipinski definition) is 4. The standard InChI is InChI=1S/C15H26N4/c1-5-10(3)9-17-14-11(4)13(16-6-2)18-15(19-14)12-7-8-12/h10,12H,5-9H2,1-4H3,(H2,16,17,18,19). The predicted molar refractivity (Wildman–Crippen MR) is 80.9 cm³/mol. The molecule has 1 unspecified atom stereocenters. The smallest absolute Gasteiger partial charge is 0.136 e. The highest BCUT2D eigenvalue weighted by atomic mass is 15.1. The van der Waals surface area contributed by atoms with E-state index in [0.29, 0.717) is 11.8 Å². The Morgan fingerprint density at radius 3 is 2.32 bits per heavy atom. The Morgan fingerprint density at radius 1 is 1.16 bits per heavy atom. The van der Waals surface area contributed by atoms with Crippen molar-refractivity contribution < 1.29 is 0 Å². The lowest BCUT2D eigenvalue weighted by Gasteiger charge is -2.16. The van der Waals surface area contributed by atoms with E-state index < -0.39 is 0 Å². The molecule has 1 fully saturated rings. The fraction of sp³-hybridized carbons (Fsp3) is 0.733. The van der Waals surface area contributed by atoms with E-state index in [2.05, 4.69) is 43.3 Å². The molecule has 106 valence electrons. The molecule has 0 amide bonds.